The number of sulfonamides is 1. The van der Waals surface area contributed by atoms with Gasteiger partial charge in [-0.2, -0.15) is 8.78 Å². The van der Waals surface area contributed by atoms with Crippen LogP contribution in [0.25, 0.3) is 21.9 Å². The minimum absolute atomic E-state index is 0.0199. The smallest absolute Gasteiger partial charge is 0.387 e. The van der Waals surface area contributed by atoms with Gasteiger partial charge in [0.05, 0.1) is 12.0 Å². The second-order valence-corrected chi connectivity index (χ2v) is 9.37. The average molecular weight is 496 g/mol. The lowest BCUT2D eigenvalue weighted by atomic mass is 10.0. The molecule has 0 radical (unpaired) electrons. The predicted molar refractivity (Wildman–Crippen MR) is 128 cm³/mol. The van der Waals surface area contributed by atoms with Crippen molar-refractivity contribution >= 4 is 38.1 Å². The van der Waals surface area contributed by atoms with Gasteiger partial charge in [0.25, 0.3) is 15.9 Å². The molecule has 1 aliphatic heterocycles. The summed E-state index contributed by atoms with van der Waals surface area (Å²) in [5.41, 5.74) is 1.87. The van der Waals surface area contributed by atoms with Crippen LogP contribution in [-0.4, -0.2) is 28.0 Å². The number of ether oxygens (including phenoxy) is 2. The topological polar surface area (TPSA) is 93.7 Å². The summed E-state index contributed by atoms with van der Waals surface area (Å²) in [6, 6.07) is 18.5. The van der Waals surface area contributed by atoms with E-state index in [1.807, 2.05) is 0 Å². The van der Waals surface area contributed by atoms with Crippen molar-refractivity contribution in [2.24, 2.45) is 0 Å². The molecule has 0 fully saturated rings. The van der Waals surface area contributed by atoms with E-state index in [4.69, 9.17) is 4.74 Å². The zero-order chi connectivity index (χ0) is 24.7. The van der Waals surface area contributed by atoms with Crippen LogP contribution in [-0.2, 0) is 10.0 Å². The Hall–Kier alpha value is -4.18. The van der Waals surface area contributed by atoms with Gasteiger partial charge >= 0.3 is 6.61 Å². The lowest BCUT2D eigenvalue weighted by Crippen LogP contribution is -2.14. The van der Waals surface area contributed by atoms with Crippen LogP contribution >= 0.6 is 0 Å². The van der Waals surface area contributed by atoms with Crippen LogP contribution in [0.2, 0.25) is 0 Å². The van der Waals surface area contributed by atoms with Crippen molar-refractivity contribution < 1.29 is 31.5 Å². The molecule has 1 heterocycles. The van der Waals surface area contributed by atoms with E-state index < -0.39 is 16.6 Å². The number of rotatable bonds is 7. The fraction of sp³-hybridized carbons (Fsp3) is 0.0800. The first-order valence-electron chi connectivity index (χ1n) is 10.4. The van der Waals surface area contributed by atoms with Crippen LogP contribution in [0.4, 0.5) is 20.2 Å². The Morgan fingerprint density at radius 2 is 1.71 bits per heavy atom. The quantitative estimate of drug-likeness (QED) is 0.353. The highest BCUT2D eigenvalue weighted by Crippen LogP contribution is 2.38. The molecule has 10 heteroatoms. The number of methoxy groups -OCH3 is 1. The van der Waals surface area contributed by atoms with Crippen molar-refractivity contribution in [1.82, 2.24) is 0 Å². The number of nitrogens with one attached hydrogen (secondary N) is 2. The fourth-order valence-electron chi connectivity index (χ4n) is 4.10. The molecule has 178 valence electrons. The normalized spacial score (nSPS) is 12.6. The number of alkyl halides is 2. The number of amides is 1. The summed E-state index contributed by atoms with van der Waals surface area (Å²) in [6.45, 7) is -3.06. The molecule has 1 aliphatic rings. The van der Waals surface area contributed by atoms with Crippen molar-refractivity contribution in [2.45, 2.75) is 11.5 Å². The minimum atomic E-state index is -4.11. The van der Waals surface area contributed by atoms with Crippen molar-refractivity contribution in [2.75, 3.05) is 17.1 Å². The van der Waals surface area contributed by atoms with E-state index in [2.05, 4.69) is 14.8 Å². The molecule has 5 rings (SSSR count). The maximum Gasteiger partial charge on any atom is 0.387 e. The molecule has 0 aromatic heterocycles. The number of hydrogen-bond donors (Lipinski definition) is 2. The molecular weight excluding hydrogens is 478 g/mol. The molecule has 0 bridgehead atoms. The van der Waals surface area contributed by atoms with Crippen LogP contribution in [0, 0.1) is 0 Å². The Morgan fingerprint density at radius 3 is 2.43 bits per heavy atom. The van der Waals surface area contributed by atoms with Crippen LogP contribution < -0.4 is 19.5 Å². The number of hydrogen-bond acceptors (Lipinski definition) is 5. The van der Waals surface area contributed by atoms with Gasteiger partial charge in [0, 0.05) is 33.3 Å². The number of carbonyl (C=O) groups excluding carboxylic acids is 1. The van der Waals surface area contributed by atoms with Gasteiger partial charge in [-0.25, -0.2) is 8.42 Å². The highest BCUT2D eigenvalue weighted by molar-refractivity contribution is 7.93. The Kier molecular flexibility index (Phi) is 5.52. The Bertz CT molecular complexity index is 1570. The lowest BCUT2D eigenvalue weighted by Gasteiger charge is -2.15. The van der Waals surface area contributed by atoms with Crippen molar-refractivity contribution in [3.05, 3.63) is 78.4 Å². The molecule has 0 unspecified atom stereocenters. The van der Waals surface area contributed by atoms with Gasteiger partial charge in [-0.05, 0) is 54.1 Å². The fourth-order valence-corrected chi connectivity index (χ4v) is 5.35. The van der Waals surface area contributed by atoms with Crippen molar-refractivity contribution in [3.8, 4) is 22.6 Å². The Morgan fingerprint density at radius 1 is 0.943 bits per heavy atom. The highest BCUT2D eigenvalue weighted by Gasteiger charge is 2.26. The molecule has 4 aromatic carbocycles. The second kappa shape index (κ2) is 8.55. The number of carbonyl (C=O) groups is 1. The molecular formula is C25H18F2N2O5S. The van der Waals surface area contributed by atoms with E-state index in [0.717, 1.165) is 0 Å². The van der Waals surface area contributed by atoms with E-state index >= 15 is 0 Å². The van der Waals surface area contributed by atoms with Gasteiger partial charge in [0.15, 0.2) is 0 Å². The monoisotopic (exact) mass is 496 g/mol. The average Bonchev–Trinajstić information content (AvgIpc) is 3.16. The Balaban J connectivity index is 1.56. The van der Waals surface area contributed by atoms with Gasteiger partial charge in [-0.1, -0.05) is 24.3 Å². The molecule has 35 heavy (non-hydrogen) atoms. The zero-order valence-electron chi connectivity index (χ0n) is 18.2. The molecule has 1 amide bonds. The predicted octanol–water partition coefficient (Wildman–Crippen LogP) is 5.48. The minimum Gasteiger partial charge on any atom is -0.497 e. The van der Waals surface area contributed by atoms with Gasteiger partial charge < -0.3 is 14.8 Å². The van der Waals surface area contributed by atoms with Crippen LogP contribution in [0.3, 0.4) is 0 Å². The molecule has 0 saturated heterocycles. The summed E-state index contributed by atoms with van der Waals surface area (Å²) in [7, 11) is -2.60. The molecule has 0 saturated carbocycles. The van der Waals surface area contributed by atoms with Crippen LogP contribution in [0.15, 0.2) is 77.7 Å². The first-order chi connectivity index (χ1) is 16.8. The maximum atomic E-state index is 13.3. The third kappa shape index (κ3) is 4.12. The summed E-state index contributed by atoms with van der Waals surface area (Å²) >= 11 is 0. The maximum absolute atomic E-state index is 13.3. The van der Waals surface area contributed by atoms with Crippen LogP contribution in [0.1, 0.15) is 10.4 Å². The first-order valence-corrected chi connectivity index (χ1v) is 11.9. The van der Waals surface area contributed by atoms with Gasteiger partial charge in [-0.15, -0.1) is 0 Å². The molecule has 0 atom stereocenters. The molecule has 2 N–H and O–H groups in total. The summed E-state index contributed by atoms with van der Waals surface area (Å²) < 4.78 is 65.0. The summed E-state index contributed by atoms with van der Waals surface area (Å²) in [6.07, 6.45) is 0. The van der Waals surface area contributed by atoms with E-state index in [0.29, 0.717) is 33.3 Å². The third-order valence-electron chi connectivity index (χ3n) is 5.63. The molecule has 4 aromatic rings. The van der Waals surface area contributed by atoms with Gasteiger partial charge in [0.2, 0.25) is 0 Å². The zero-order valence-corrected chi connectivity index (χ0v) is 19.0. The SMILES string of the molecule is COc1ccc(-c2cc(NS(=O)(=O)c3ccc4c5c(cccc35)C(=O)N4)ccc2OC(F)F)cc1. The highest BCUT2D eigenvalue weighted by atomic mass is 32.2. The summed E-state index contributed by atoms with van der Waals surface area (Å²) in [4.78, 5) is 12.1. The van der Waals surface area contributed by atoms with E-state index in [1.54, 1.807) is 42.5 Å². The van der Waals surface area contributed by atoms with Gasteiger partial charge in [0.1, 0.15) is 11.5 Å². The largest absolute Gasteiger partial charge is 0.497 e. The molecule has 7 nitrogen and oxygen atoms in total. The Labute approximate surface area is 199 Å². The van der Waals surface area contributed by atoms with Crippen molar-refractivity contribution in [3.63, 3.8) is 0 Å². The van der Waals surface area contributed by atoms with E-state index in [1.165, 1.54) is 37.4 Å². The molecule has 0 spiro atoms. The number of halogens is 2. The molecule has 0 aliphatic carbocycles. The first kappa shape index (κ1) is 22.6. The number of anilines is 2. The second-order valence-electron chi connectivity index (χ2n) is 7.72. The van der Waals surface area contributed by atoms with Crippen molar-refractivity contribution in [1.29, 1.82) is 0 Å². The van der Waals surface area contributed by atoms with Gasteiger partial charge in [-0.3, -0.25) is 9.52 Å². The number of benzene rings is 4. The summed E-state index contributed by atoms with van der Waals surface area (Å²) in [5.74, 6) is 0.164. The summed E-state index contributed by atoms with van der Waals surface area (Å²) in [5, 5.41) is 3.63. The van der Waals surface area contributed by atoms with E-state index in [9.17, 15) is 22.0 Å². The third-order valence-corrected chi connectivity index (χ3v) is 7.07. The lowest BCUT2D eigenvalue weighted by molar-refractivity contribution is -0.0494. The standard InChI is InChI=1S/C25H18F2N2O5S/c1-33-16-8-5-14(6-9-16)19-13-15(7-11-21(19)34-25(26)27)29-35(31,32)22-12-10-20-23-17(22)3-2-4-18(23)24(30)28-20/h2-13,25,29H,1H3,(H,28,30). The van der Waals surface area contributed by atoms with Crippen LogP contribution in [0.5, 0.6) is 11.5 Å². The van der Waals surface area contributed by atoms with E-state index in [-0.39, 0.29) is 27.8 Å².